The first-order valence-electron chi connectivity index (χ1n) is 10.2. The fourth-order valence-electron chi connectivity index (χ4n) is 4.30. The highest BCUT2D eigenvalue weighted by Gasteiger charge is 2.41. The molecule has 1 unspecified atom stereocenters. The van der Waals surface area contributed by atoms with Crippen molar-refractivity contribution in [3.05, 3.63) is 36.9 Å². The Morgan fingerprint density at radius 1 is 1.21 bits per heavy atom. The van der Waals surface area contributed by atoms with E-state index in [2.05, 4.69) is 23.4 Å². The lowest BCUT2D eigenvalue weighted by Crippen LogP contribution is -2.61. The molecule has 6 heteroatoms. The fraction of sp³-hybridized carbons (Fsp3) is 0.591. The standard InChI is InChI=1S/C22H33N3O3/c1-4-11-25-12-10-22(9-8-21(25)26)18-24(14-13-23(22)2)15-16-28-20-7-5-6-19(17-20)27-3/h4-7,17H,1,8-16,18H2,2-3H3. The van der Waals surface area contributed by atoms with Crippen LogP contribution in [0.2, 0.25) is 0 Å². The Morgan fingerprint density at radius 2 is 2.04 bits per heavy atom. The molecule has 154 valence electrons. The summed E-state index contributed by atoms with van der Waals surface area (Å²) < 4.78 is 11.2. The minimum absolute atomic E-state index is 0.0692. The molecule has 0 aromatic heterocycles. The molecule has 0 aliphatic carbocycles. The van der Waals surface area contributed by atoms with E-state index in [1.807, 2.05) is 35.2 Å². The van der Waals surface area contributed by atoms with Crippen LogP contribution in [0.4, 0.5) is 0 Å². The molecule has 0 N–H and O–H groups in total. The van der Waals surface area contributed by atoms with E-state index in [-0.39, 0.29) is 11.4 Å². The highest BCUT2D eigenvalue weighted by molar-refractivity contribution is 5.76. The summed E-state index contributed by atoms with van der Waals surface area (Å²) in [5.41, 5.74) is 0.0692. The third-order valence-corrected chi connectivity index (χ3v) is 6.15. The molecule has 1 aromatic carbocycles. The van der Waals surface area contributed by atoms with Gasteiger partial charge >= 0.3 is 0 Å². The Morgan fingerprint density at radius 3 is 2.82 bits per heavy atom. The summed E-state index contributed by atoms with van der Waals surface area (Å²) in [5.74, 6) is 1.90. The van der Waals surface area contributed by atoms with E-state index in [1.165, 1.54) is 0 Å². The quantitative estimate of drug-likeness (QED) is 0.672. The third kappa shape index (κ3) is 4.86. The van der Waals surface area contributed by atoms with Gasteiger partial charge in [0, 0.05) is 57.3 Å². The van der Waals surface area contributed by atoms with Crippen molar-refractivity contribution < 1.29 is 14.3 Å². The van der Waals surface area contributed by atoms with E-state index in [1.54, 1.807) is 7.11 Å². The minimum atomic E-state index is 0.0692. The SMILES string of the molecule is C=CCN1CCC2(CCC1=O)CN(CCOc1cccc(OC)c1)CCN2C. The Kier molecular flexibility index (Phi) is 6.97. The first kappa shape index (κ1) is 20.7. The molecule has 1 atom stereocenters. The molecule has 0 bridgehead atoms. The van der Waals surface area contributed by atoms with Gasteiger partial charge in [0.1, 0.15) is 18.1 Å². The van der Waals surface area contributed by atoms with Gasteiger partial charge in [-0.2, -0.15) is 0 Å². The van der Waals surface area contributed by atoms with Crippen molar-refractivity contribution in [3.8, 4) is 11.5 Å². The summed E-state index contributed by atoms with van der Waals surface area (Å²) in [7, 11) is 3.87. The molecule has 0 radical (unpaired) electrons. The maximum atomic E-state index is 12.4. The van der Waals surface area contributed by atoms with Crippen molar-refractivity contribution in [1.29, 1.82) is 0 Å². The van der Waals surface area contributed by atoms with E-state index < -0.39 is 0 Å². The maximum Gasteiger partial charge on any atom is 0.222 e. The molecule has 2 heterocycles. The minimum Gasteiger partial charge on any atom is -0.497 e. The number of carbonyl (C=O) groups excluding carboxylic acids is 1. The van der Waals surface area contributed by atoms with Gasteiger partial charge in [0.05, 0.1) is 7.11 Å². The molecule has 2 aliphatic heterocycles. The Labute approximate surface area is 168 Å². The van der Waals surface area contributed by atoms with Crippen molar-refractivity contribution in [3.63, 3.8) is 0 Å². The lowest BCUT2D eigenvalue weighted by atomic mass is 9.86. The largest absolute Gasteiger partial charge is 0.497 e. The molecular weight excluding hydrogens is 354 g/mol. The Bertz CT molecular complexity index is 681. The smallest absolute Gasteiger partial charge is 0.222 e. The average Bonchev–Trinajstić information content (AvgIpc) is 2.86. The van der Waals surface area contributed by atoms with Crippen molar-refractivity contribution in [1.82, 2.24) is 14.7 Å². The maximum absolute atomic E-state index is 12.4. The van der Waals surface area contributed by atoms with Crippen LogP contribution in [0, 0.1) is 0 Å². The van der Waals surface area contributed by atoms with Crippen molar-refractivity contribution >= 4 is 5.91 Å². The molecule has 1 amide bonds. The van der Waals surface area contributed by atoms with Crippen LogP contribution in [0.1, 0.15) is 19.3 Å². The van der Waals surface area contributed by atoms with Gasteiger partial charge in [0.15, 0.2) is 0 Å². The van der Waals surface area contributed by atoms with Crippen LogP contribution in [-0.2, 0) is 4.79 Å². The van der Waals surface area contributed by atoms with E-state index >= 15 is 0 Å². The number of likely N-dealkylation sites (tertiary alicyclic amines) is 1. The second kappa shape index (κ2) is 9.43. The van der Waals surface area contributed by atoms with Crippen LogP contribution in [0.5, 0.6) is 11.5 Å². The second-order valence-electron chi connectivity index (χ2n) is 7.83. The number of piperazine rings is 1. The van der Waals surface area contributed by atoms with Gasteiger partial charge in [-0.25, -0.2) is 0 Å². The van der Waals surface area contributed by atoms with E-state index in [9.17, 15) is 4.79 Å². The van der Waals surface area contributed by atoms with Crippen LogP contribution in [-0.4, -0.2) is 86.2 Å². The van der Waals surface area contributed by atoms with E-state index in [0.717, 1.165) is 57.1 Å². The van der Waals surface area contributed by atoms with Crippen LogP contribution in [0.15, 0.2) is 36.9 Å². The van der Waals surface area contributed by atoms with Crippen LogP contribution in [0.25, 0.3) is 0 Å². The molecular formula is C22H33N3O3. The van der Waals surface area contributed by atoms with Crippen LogP contribution >= 0.6 is 0 Å². The summed E-state index contributed by atoms with van der Waals surface area (Å²) >= 11 is 0. The zero-order chi connectivity index (χ0) is 20.0. The molecule has 2 aliphatic rings. The molecule has 6 nitrogen and oxygen atoms in total. The highest BCUT2D eigenvalue weighted by Crippen LogP contribution is 2.32. The lowest BCUT2D eigenvalue weighted by Gasteiger charge is -2.49. The Balaban J connectivity index is 1.56. The molecule has 28 heavy (non-hydrogen) atoms. The highest BCUT2D eigenvalue weighted by atomic mass is 16.5. The zero-order valence-electron chi connectivity index (χ0n) is 17.2. The van der Waals surface area contributed by atoms with Gasteiger partial charge in [-0.15, -0.1) is 6.58 Å². The number of nitrogens with zero attached hydrogens (tertiary/aromatic N) is 3. The molecule has 1 spiro atoms. The summed E-state index contributed by atoms with van der Waals surface area (Å²) in [5, 5.41) is 0. The molecule has 2 fully saturated rings. The summed E-state index contributed by atoms with van der Waals surface area (Å²) in [6, 6.07) is 7.73. The van der Waals surface area contributed by atoms with Gasteiger partial charge in [0.2, 0.25) is 5.91 Å². The van der Waals surface area contributed by atoms with Crippen LogP contribution in [0.3, 0.4) is 0 Å². The second-order valence-corrected chi connectivity index (χ2v) is 7.83. The Hall–Kier alpha value is -2.05. The fourth-order valence-corrected chi connectivity index (χ4v) is 4.30. The number of amides is 1. The number of carbonyl (C=O) groups is 1. The summed E-state index contributed by atoms with van der Waals surface area (Å²) in [6.07, 6.45) is 4.37. The number of hydrogen-bond acceptors (Lipinski definition) is 5. The molecule has 1 aromatic rings. The van der Waals surface area contributed by atoms with Gasteiger partial charge in [-0.3, -0.25) is 14.6 Å². The van der Waals surface area contributed by atoms with Gasteiger partial charge in [-0.1, -0.05) is 12.1 Å². The molecule has 2 saturated heterocycles. The summed E-state index contributed by atoms with van der Waals surface area (Å²) in [6.45, 7) is 9.82. The first-order valence-corrected chi connectivity index (χ1v) is 10.2. The number of likely N-dealkylation sites (N-methyl/N-ethyl adjacent to an activating group) is 1. The topological polar surface area (TPSA) is 45.3 Å². The number of rotatable bonds is 7. The van der Waals surface area contributed by atoms with E-state index in [4.69, 9.17) is 9.47 Å². The zero-order valence-corrected chi connectivity index (χ0v) is 17.2. The summed E-state index contributed by atoms with van der Waals surface area (Å²) in [4.78, 5) is 19.3. The normalized spacial score (nSPS) is 24.2. The number of methoxy groups -OCH3 is 1. The third-order valence-electron chi connectivity index (χ3n) is 6.15. The predicted octanol–water partition coefficient (Wildman–Crippen LogP) is 2.26. The number of benzene rings is 1. The van der Waals surface area contributed by atoms with Crippen molar-refractivity contribution in [2.75, 3.05) is 60.0 Å². The molecule has 3 rings (SSSR count). The average molecular weight is 388 g/mol. The number of hydrogen-bond donors (Lipinski definition) is 0. The lowest BCUT2D eigenvalue weighted by molar-refractivity contribution is -0.130. The predicted molar refractivity (Wildman–Crippen MR) is 111 cm³/mol. The van der Waals surface area contributed by atoms with Crippen LogP contribution < -0.4 is 9.47 Å². The monoisotopic (exact) mass is 387 g/mol. The van der Waals surface area contributed by atoms with Crippen molar-refractivity contribution in [2.45, 2.75) is 24.8 Å². The number of ether oxygens (including phenoxy) is 2. The van der Waals surface area contributed by atoms with E-state index in [0.29, 0.717) is 19.6 Å². The van der Waals surface area contributed by atoms with Gasteiger partial charge in [-0.05, 0) is 32.0 Å². The van der Waals surface area contributed by atoms with Gasteiger partial charge < -0.3 is 14.4 Å². The van der Waals surface area contributed by atoms with Crippen molar-refractivity contribution in [2.24, 2.45) is 0 Å². The first-order chi connectivity index (χ1) is 13.6. The molecule has 0 saturated carbocycles. The van der Waals surface area contributed by atoms with Gasteiger partial charge in [0.25, 0.3) is 0 Å².